The number of aromatic nitrogens is 2. The van der Waals surface area contributed by atoms with Gasteiger partial charge < -0.3 is 14.9 Å². The van der Waals surface area contributed by atoms with Crippen LogP contribution in [0, 0.1) is 0 Å². The van der Waals surface area contributed by atoms with Crippen LogP contribution in [0.3, 0.4) is 0 Å². The summed E-state index contributed by atoms with van der Waals surface area (Å²) in [4.78, 5) is 27.4. The number of carbonyl (C=O) groups is 2. The van der Waals surface area contributed by atoms with E-state index in [9.17, 15) is 23.5 Å². The SMILES string of the molecule is O=C(c1cnn(C(F)F)c1)N1CCc2cc(Cl)cc([C@@H]3CCCN3C(=O)O)c2C1. The lowest BCUT2D eigenvalue weighted by Gasteiger charge is -2.33. The first-order chi connectivity index (χ1) is 13.8. The van der Waals surface area contributed by atoms with Gasteiger partial charge in [-0.2, -0.15) is 13.9 Å². The lowest BCUT2D eigenvalue weighted by molar-refractivity contribution is 0.0563. The van der Waals surface area contributed by atoms with Crippen LogP contribution in [0.25, 0.3) is 0 Å². The van der Waals surface area contributed by atoms with Gasteiger partial charge in [-0.3, -0.25) is 4.79 Å². The minimum Gasteiger partial charge on any atom is -0.465 e. The predicted octanol–water partition coefficient (Wildman–Crippen LogP) is 3.95. The van der Waals surface area contributed by atoms with Gasteiger partial charge >= 0.3 is 12.6 Å². The van der Waals surface area contributed by atoms with Crippen molar-refractivity contribution in [2.24, 2.45) is 0 Å². The van der Waals surface area contributed by atoms with Crippen molar-refractivity contribution in [1.82, 2.24) is 19.6 Å². The van der Waals surface area contributed by atoms with Gasteiger partial charge in [0.2, 0.25) is 0 Å². The molecule has 10 heteroatoms. The molecule has 0 bridgehead atoms. The Morgan fingerprint density at radius 3 is 2.76 bits per heavy atom. The van der Waals surface area contributed by atoms with E-state index in [0.717, 1.165) is 35.5 Å². The smallest absolute Gasteiger partial charge is 0.407 e. The predicted molar refractivity (Wildman–Crippen MR) is 100 cm³/mol. The largest absolute Gasteiger partial charge is 0.465 e. The van der Waals surface area contributed by atoms with E-state index in [1.54, 1.807) is 11.0 Å². The van der Waals surface area contributed by atoms with Crippen molar-refractivity contribution in [3.8, 4) is 0 Å². The maximum atomic E-state index is 12.8. The highest BCUT2D eigenvalue weighted by Gasteiger charge is 2.34. The van der Waals surface area contributed by atoms with Crippen molar-refractivity contribution in [3.05, 3.63) is 51.8 Å². The molecule has 1 atom stereocenters. The standard InChI is InChI=1S/C19H19ClF2N4O3/c20-13-6-11-3-5-24(17(27)12-8-23-26(9-12)18(21)22)10-15(11)14(7-13)16-2-1-4-25(16)19(28)29/h6-9,16,18H,1-5,10H2,(H,28,29)/t16-/m0/s1. The number of likely N-dealkylation sites (tertiary alicyclic amines) is 1. The Labute approximate surface area is 170 Å². The van der Waals surface area contributed by atoms with E-state index < -0.39 is 12.6 Å². The van der Waals surface area contributed by atoms with Gasteiger partial charge in [0, 0.05) is 30.9 Å². The number of halogens is 3. The Morgan fingerprint density at radius 1 is 1.28 bits per heavy atom. The zero-order valence-corrected chi connectivity index (χ0v) is 16.1. The Balaban J connectivity index is 1.64. The Morgan fingerprint density at radius 2 is 2.07 bits per heavy atom. The first-order valence-corrected chi connectivity index (χ1v) is 9.65. The summed E-state index contributed by atoms with van der Waals surface area (Å²) in [6.07, 6.45) is 3.19. The minimum atomic E-state index is -2.81. The Kier molecular flexibility index (Phi) is 5.16. The van der Waals surface area contributed by atoms with E-state index in [4.69, 9.17) is 11.6 Å². The summed E-state index contributed by atoms with van der Waals surface area (Å²) in [7, 11) is 0. The second kappa shape index (κ2) is 7.62. The number of benzene rings is 1. The Bertz CT molecular complexity index is 965. The first-order valence-electron chi connectivity index (χ1n) is 9.27. The second-order valence-electron chi connectivity index (χ2n) is 7.23. The van der Waals surface area contributed by atoms with Gasteiger partial charge in [0.15, 0.2) is 0 Å². The molecule has 1 saturated heterocycles. The van der Waals surface area contributed by atoms with Crippen LogP contribution in [0.15, 0.2) is 24.5 Å². The number of hydrogen-bond acceptors (Lipinski definition) is 3. The molecule has 4 rings (SSSR count). The van der Waals surface area contributed by atoms with Gasteiger partial charge in [-0.15, -0.1) is 0 Å². The van der Waals surface area contributed by atoms with Crippen LogP contribution in [0.1, 0.15) is 52.5 Å². The number of carboxylic acid groups (broad SMARTS) is 1. The number of hydrogen-bond donors (Lipinski definition) is 1. The number of alkyl halides is 2. The molecule has 2 aliphatic heterocycles. The lowest BCUT2D eigenvalue weighted by atomic mass is 9.90. The summed E-state index contributed by atoms with van der Waals surface area (Å²) in [6, 6.07) is 3.31. The van der Waals surface area contributed by atoms with Crippen molar-refractivity contribution >= 4 is 23.6 Å². The lowest BCUT2D eigenvalue weighted by Crippen LogP contribution is -2.37. The molecule has 1 N–H and O–H groups in total. The number of nitrogens with zero attached hydrogens (tertiary/aromatic N) is 4. The molecule has 1 aromatic carbocycles. The minimum absolute atomic E-state index is 0.0947. The average molecular weight is 425 g/mol. The van der Waals surface area contributed by atoms with Crippen molar-refractivity contribution in [3.63, 3.8) is 0 Å². The number of fused-ring (bicyclic) bond motifs is 1. The van der Waals surface area contributed by atoms with Gasteiger partial charge in [0.25, 0.3) is 5.91 Å². The molecule has 7 nitrogen and oxygen atoms in total. The van der Waals surface area contributed by atoms with Crippen molar-refractivity contribution in [1.29, 1.82) is 0 Å². The highest BCUT2D eigenvalue weighted by atomic mass is 35.5. The molecule has 2 aromatic rings. The van der Waals surface area contributed by atoms with Gasteiger partial charge in [-0.1, -0.05) is 11.6 Å². The maximum absolute atomic E-state index is 12.8. The molecule has 0 saturated carbocycles. The summed E-state index contributed by atoms with van der Waals surface area (Å²) in [5.74, 6) is -0.384. The molecule has 2 aliphatic rings. The van der Waals surface area contributed by atoms with Crippen molar-refractivity contribution in [2.75, 3.05) is 13.1 Å². The molecule has 3 heterocycles. The molecule has 1 fully saturated rings. The van der Waals surface area contributed by atoms with E-state index in [2.05, 4.69) is 5.10 Å². The topological polar surface area (TPSA) is 78.7 Å². The van der Waals surface area contributed by atoms with E-state index in [0.29, 0.717) is 35.6 Å². The third-order valence-electron chi connectivity index (χ3n) is 5.53. The first kappa shape index (κ1) is 19.6. The number of rotatable bonds is 3. The molecular formula is C19H19ClF2N4O3. The molecule has 0 radical (unpaired) electrons. The van der Waals surface area contributed by atoms with Crippen LogP contribution >= 0.6 is 11.6 Å². The van der Waals surface area contributed by atoms with Crippen LogP contribution in [0.2, 0.25) is 5.02 Å². The van der Waals surface area contributed by atoms with Gasteiger partial charge in [-0.05, 0) is 48.1 Å². The van der Waals surface area contributed by atoms with Crippen LogP contribution in [0.4, 0.5) is 13.6 Å². The van der Waals surface area contributed by atoms with Crippen LogP contribution < -0.4 is 0 Å². The summed E-state index contributed by atoms with van der Waals surface area (Å²) in [5.41, 5.74) is 2.77. The molecule has 2 amide bonds. The Hall–Kier alpha value is -2.68. The molecule has 29 heavy (non-hydrogen) atoms. The van der Waals surface area contributed by atoms with E-state index >= 15 is 0 Å². The van der Waals surface area contributed by atoms with E-state index in [-0.39, 0.29) is 24.1 Å². The molecular weight excluding hydrogens is 406 g/mol. The number of amides is 2. The quantitative estimate of drug-likeness (QED) is 0.809. The summed E-state index contributed by atoms with van der Waals surface area (Å²) in [5, 5.41) is 13.6. The van der Waals surface area contributed by atoms with Crippen LogP contribution in [0.5, 0.6) is 0 Å². The van der Waals surface area contributed by atoms with Gasteiger partial charge in [-0.25, -0.2) is 9.48 Å². The van der Waals surface area contributed by atoms with Crippen LogP contribution in [-0.2, 0) is 13.0 Å². The van der Waals surface area contributed by atoms with Crippen LogP contribution in [-0.4, -0.2) is 49.8 Å². The van der Waals surface area contributed by atoms with Crippen molar-refractivity contribution in [2.45, 2.75) is 38.4 Å². The third kappa shape index (κ3) is 3.66. The summed E-state index contributed by atoms with van der Waals surface area (Å²) >= 11 is 6.29. The highest BCUT2D eigenvalue weighted by molar-refractivity contribution is 6.30. The number of carbonyl (C=O) groups excluding carboxylic acids is 1. The molecule has 0 unspecified atom stereocenters. The maximum Gasteiger partial charge on any atom is 0.407 e. The molecule has 1 aromatic heterocycles. The normalized spacial score (nSPS) is 19.0. The zero-order valence-electron chi connectivity index (χ0n) is 15.4. The second-order valence-corrected chi connectivity index (χ2v) is 7.67. The highest BCUT2D eigenvalue weighted by Crippen LogP contribution is 2.38. The fourth-order valence-corrected chi connectivity index (χ4v) is 4.43. The molecule has 0 spiro atoms. The zero-order chi connectivity index (χ0) is 20.7. The fourth-order valence-electron chi connectivity index (χ4n) is 4.18. The average Bonchev–Trinajstić information content (AvgIpc) is 3.36. The molecule has 154 valence electrons. The monoisotopic (exact) mass is 424 g/mol. The fraction of sp³-hybridized carbons (Fsp3) is 0.421. The summed E-state index contributed by atoms with van der Waals surface area (Å²) in [6.45, 7) is -1.67. The molecule has 0 aliphatic carbocycles. The van der Waals surface area contributed by atoms with Gasteiger partial charge in [0.05, 0.1) is 17.8 Å². The van der Waals surface area contributed by atoms with E-state index in [1.807, 2.05) is 6.07 Å². The third-order valence-corrected chi connectivity index (χ3v) is 5.75. The summed E-state index contributed by atoms with van der Waals surface area (Å²) < 4.78 is 26.0. The van der Waals surface area contributed by atoms with Crippen molar-refractivity contribution < 1.29 is 23.5 Å². The van der Waals surface area contributed by atoms with Gasteiger partial charge in [0.1, 0.15) is 0 Å². The van der Waals surface area contributed by atoms with E-state index in [1.165, 1.54) is 4.90 Å².